The van der Waals surface area contributed by atoms with Gasteiger partial charge in [0.1, 0.15) is 16.8 Å². The third-order valence-electron chi connectivity index (χ3n) is 6.34. The molecule has 2 atom stereocenters. The number of ether oxygens (including phenoxy) is 3. The van der Waals surface area contributed by atoms with Gasteiger partial charge in [-0.3, -0.25) is 9.59 Å². The molecule has 0 aliphatic heterocycles. The predicted molar refractivity (Wildman–Crippen MR) is 111 cm³/mol. The van der Waals surface area contributed by atoms with Crippen molar-refractivity contribution in [2.45, 2.75) is 104 Å². The molecule has 4 saturated carbocycles. The number of carbonyl (C=O) groups excluding carboxylic acids is 3. The van der Waals surface area contributed by atoms with Gasteiger partial charge >= 0.3 is 17.9 Å². The van der Waals surface area contributed by atoms with Gasteiger partial charge in [0.05, 0.1) is 10.8 Å². The van der Waals surface area contributed by atoms with Crippen molar-refractivity contribution in [3.63, 3.8) is 0 Å². The summed E-state index contributed by atoms with van der Waals surface area (Å²) in [5.41, 5.74) is -3.54. The van der Waals surface area contributed by atoms with Crippen LogP contribution in [-0.4, -0.2) is 34.7 Å². The first-order valence-corrected chi connectivity index (χ1v) is 10.8. The molecule has 4 aliphatic carbocycles. The van der Waals surface area contributed by atoms with E-state index in [-0.39, 0.29) is 17.9 Å². The Morgan fingerprint density at radius 3 is 1.60 bits per heavy atom. The van der Waals surface area contributed by atoms with Crippen LogP contribution in [0, 0.1) is 16.7 Å². The van der Waals surface area contributed by atoms with Crippen LogP contribution in [0.3, 0.4) is 0 Å². The van der Waals surface area contributed by atoms with Crippen LogP contribution in [0.15, 0.2) is 12.2 Å². The van der Waals surface area contributed by atoms with E-state index in [1.807, 2.05) is 41.5 Å². The molecule has 0 N–H and O–H groups in total. The maximum Gasteiger partial charge on any atom is 0.333 e. The average molecular weight is 421 g/mol. The SMILES string of the molecule is C=C(C)C(=O)OC12CC3CC(C(=O)OC(C)(C)C)(C1)CC(C(=O)OC(C)(C)C)(C3)C2. The van der Waals surface area contributed by atoms with Crippen molar-refractivity contribution >= 4 is 17.9 Å². The van der Waals surface area contributed by atoms with Crippen molar-refractivity contribution in [1.82, 2.24) is 0 Å². The summed E-state index contributed by atoms with van der Waals surface area (Å²) in [6.45, 7) is 16.3. The fourth-order valence-corrected chi connectivity index (χ4v) is 5.98. The van der Waals surface area contributed by atoms with Crippen LogP contribution in [0.2, 0.25) is 0 Å². The van der Waals surface area contributed by atoms with E-state index < -0.39 is 33.6 Å². The van der Waals surface area contributed by atoms with Gasteiger partial charge in [-0.2, -0.15) is 0 Å². The van der Waals surface area contributed by atoms with E-state index >= 15 is 0 Å². The van der Waals surface area contributed by atoms with Crippen LogP contribution in [0.5, 0.6) is 0 Å². The summed E-state index contributed by atoms with van der Waals surface area (Å²) in [5.74, 6) is -0.986. The topological polar surface area (TPSA) is 78.9 Å². The van der Waals surface area contributed by atoms with Gasteiger partial charge in [-0.25, -0.2) is 4.79 Å². The minimum Gasteiger partial charge on any atom is -0.460 e. The lowest BCUT2D eigenvalue weighted by atomic mass is 9.42. The van der Waals surface area contributed by atoms with Crippen molar-refractivity contribution < 1.29 is 28.6 Å². The maximum absolute atomic E-state index is 13.4. The van der Waals surface area contributed by atoms with Gasteiger partial charge in [0.2, 0.25) is 0 Å². The normalized spacial score (nSPS) is 35.0. The van der Waals surface area contributed by atoms with Gasteiger partial charge in [0, 0.05) is 18.4 Å². The standard InChI is InChI=1S/C24H36O6/c1-15(2)17(25)28-24-11-16-9-22(13-24,18(26)29-20(3,4)5)12-23(10-16,14-24)19(27)30-21(6,7)8/h16H,1,9-14H2,2-8H3. The van der Waals surface area contributed by atoms with E-state index in [0.29, 0.717) is 44.1 Å². The second-order valence-electron chi connectivity index (χ2n) is 11.9. The fraction of sp³-hybridized carbons (Fsp3) is 0.792. The average Bonchev–Trinajstić information content (AvgIpc) is 2.49. The lowest BCUT2D eigenvalue weighted by Crippen LogP contribution is -2.66. The summed E-state index contributed by atoms with van der Waals surface area (Å²) < 4.78 is 17.6. The van der Waals surface area contributed by atoms with Crippen LogP contribution < -0.4 is 0 Å². The Balaban J connectivity index is 2.02. The molecule has 4 fully saturated rings. The summed E-state index contributed by atoms with van der Waals surface area (Å²) in [6, 6.07) is 0. The highest BCUT2D eigenvalue weighted by molar-refractivity contribution is 5.88. The van der Waals surface area contributed by atoms with E-state index in [4.69, 9.17) is 14.2 Å². The second-order valence-corrected chi connectivity index (χ2v) is 11.9. The molecule has 0 amide bonds. The molecule has 0 radical (unpaired) electrons. The molecule has 0 aromatic heterocycles. The summed E-state index contributed by atoms with van der Waals surface area (Å²) >= 11 is 0. The van der Waals surface area contributed by atoms with E-state index in [1.165, 1.54) is 0 Å². The molecule has 0 heterocycles. The van der Waals surface area contributed by atoms with E-state index in [2.05, 4.69) is 6.58 Å². The molecular weight excluding hydrogens is 384 g/mol. The third kappa shape index (κ3) is 4.28. The second kappa shape index (κ2) is 6.83. The van der Waals surface area contributed by atoms with Crippen LogP contribution in [0.4, 0.5) is 0 Å². The predicted octanol–water partition coefficient (Wildman–Crippen LogP) is 4.50. The Hall–Kier alpha value is -1.85. The summed E-state index contributed by atoms with van der Waals surface area (Å²) in [5, 5.41) is 0. The number of hydrogen-bond acceptors (Lipinski definition) is 6. The highest BCUT2D eigenvalue weighted by Gasteiger charge is 2.70. The molecule has 4 bridgehead atoms. The van der Waals surface area contributed by atoms with E-state index in [9.17, 15) is 14.4 Å². The molecular formula is C24H36O6. The Labute approximate surface area is 179 Å². The quantitative estimate of drug-likeness (QED) is 0.379. The molecule has 6 nitrogen and oxygen atoms in total. The number of carbonyl (C=O) groups is 3. The van der Waals surface area contributed by atoms with Crippen molar-refractivity contribution in [1.29, 1.82) is 0 Å². The Kier molecular flexibility index (Phi) is 5.19. The van der Waals surface area contributed by atoms with Crippen LogP contribution >= 0.6 is 0 Å². The molecule has 6 heteroatoms. The summed E-state index contributed by atoms with van der Waals surface area (Å²) in [7, 11) is 0. The van der Waals surface area contributed by atoms with Crippen molar-refractivity contribution in [3.05, 3.63) is 12.2 Å². The number of hydrogen-bond donors (Lipinski definition) is 0. The van der Waals surface area contributed by atoms with Gasteiger partial charge in [-0.05, 0) is 80.1 Å². The first-order chi connectivity index (χ1) is 13.5. The Bertz CT molecular complexity index is 736. The highest BCUT2D eigenvalue weighted by atomic mass is 16.6. The molecule has 0 aromatic rings. The first kappa shape index (κ1) is 22.8. The minimum absolute atomic E-state index is 0.0965. The Morgan fingerprint density at radius 1 is 0.800 bits per heavy atom. The monoisotopic (exact) mass is 420 g/mol. The van der Waals surface area contributed by atoms with E-state index in [1.54, 1.807) is 6.92 Å². The highest BCUT2D eigenvalue weighted by Crippen LogP contribution is 2.68. The maximum atomic E-state index is 13.4. The Morgan fingerprint density at radius 2 is 1.23 bits per heavy atom. The van der Waals surface area contributed by atoms with Gasteiger partial charge < -0.3 is 14.2 Å². The van der Waals surface area contributed by atoms with Crippen LogP contribution in [0.25, 0.3) is 0 Å². The summed E-state index contributed by atoms with van der Waals surface area (Å²) in [6.07, 6.45) is 3.11. The summed E-state index contributed by atoms with van der Waals surface area (Å²) in [4.78, 5) is 39.3. The zero-order chi connectivity index (χ0) is 22.8. The van der Waals surface area contributed by atoms with E-state index in [0.717, 1.165) is 0 Å². The van der Waals surface area contributed by atoms with Gasteiger partial charge in [0.25, 0.3) is 0 Å². The number of rotatable bonds is 4. The smallest absolute Gasteiger partial charge is 0.333 e. The third-order valence-corrected chi connectivity index (χ3v) is 6.34. The number of esters is 3. The zero-order valence-corrected chi connectivity index (χ0v) is 19.5. The minimum atomic E-state index is -0.872. The van der Waals surface area contributed by atoms with Crippen LogP contribution in [-0.2, 0) is 28.6 Å². The first-order valence-electron chi connectivity index (χ1n) is 10.8. The van der Waals surface area contributed by atoms with Gasteiger partial charge in [0.15, 0.2) is 0 Å². The molecule has 2 unspecified atom stereocenters. The molecule has 168 valence electrons. The van der Waals surface area contributed by atoms with Gasteiger partial charge in [-0.1, -0.05) is 6.58 Å². The lowest BCUT2D eigenvalue weighted by molar-refractivity contribution is -0.240. The van der Waals surface area contributed by atoms with Gasteiger partial charge in [-0.15, -0.1) is 0 Å². The van der Waals surface area contributed by atoms with Crippen molar-refractivity contribution in [2.24, 2.45) is 16.7 Å². The molecule has 4 aliphatic rings. The molecule has 30 heavy (non-hydrogen) atoms. The zero-order valence-electron chi connectivity index (χ0n) is 19.5. The molecule has 0 spiro atoms. The van der Waals surface area contributed by atoms with Crippen molar-refractivity contribution in [2.75, 3.05) is 0 Å². The largest absolute Gasteiger partial charge is 0.460 e. The molecule has 0 aromatic carbocycles. The van der Waals surface area contributed by atoms with Crippen molar-refractivity contribution in [3.8, 4) is 0 Å². The van der Waals surface area contributed by atoms with Crippen LogP contribution in [0.1, 0.15) is 87.0 Å². The lowest BCUT2D eigenvalue weighted by Gasteiger charge is -2.63. The molecule has 0 saturated heterocycles. The fourth-order valence-electron chi connectivity index (χ4n) is 5.98. The molecule has 4 rings (SSSR count).